The van der Waals surface area contributed by atoms with Gasteiger partial charge in [-0.15, -0.1) is 0 Å². The van der Waals surface area contributed by atoms with Gasteiger partial charge in [-0.2, -0.15) is 0 Å². The second-order valence-electron chi connectivity index (χ2n) is 17.6. The number of rotatable bonds is 13. The number of carbonyl (C=O) groups is 2. The van der Waals surface area contributed by atoms with Gasteiger partial charge in [-0.3, -0.25) is 9.59 Å². The highest BCUT2D eigenvalue weighted by Gasteiger charge is 2.56. The van der Waals surface area contributed by atoms with Crippen molar-refractivity contribution in [1.82, 2.24) is 4.57 Å². The number of hydrogen-bond donors (Lipinski definition) is 0. The van der Waals surface area contributed by atoms with E-state index in [-0.39, 0.29) is 33.1 Å². The fourth-order valence-corrected chi connectivity index (χ4v) is 13.9. The molecule has 0 unspecified atom stereocenters. The molecule has 0 aliphatic rings. The second kappa shape index (κ2) is 13.5. The molecular weight excluding hydrogens is 579 g/mol. The van der Waals surface area contributed by atoms with Crippen LogP contribution in [0.15, 0.2) is 42.5 Å². The van der Waals surface area contributed by atoms with Crippen molar-refractivity contribution in [2.75, 3.05) is 6.61 Å². The zero-order valence-electron chi connectivity index (χ0n) is 30.9. The van der Waals surface area contributed by atoms with E-state index in [0.717, 1.165) is 11.6 Å². The number of ketones is 2. The highest BCUT2D eigenvalue weighted by molar-refractivity contribution is 6.79. The molecule has 0 bridgehead atoms. The van der Waals surface area contributed by atoms with Crippen LogP contribution >= 0.6 is 0 Å². The van der Waals surface area contributed by atoms with Crippen LogP contribution in [0.2, 0.25) is 34.3 Å². The minimum atomic E-state index is -2.39. The lowest BCUT2D eigenvalue weighted by molar-refractivity contribution is 0.0184. The van der Waals surface area contributed by atoms with Crippen LogP contribution in [0.4, 0.5) is 0 Å². The van der Waals surface area contributed by atoms with Crippen LogP contribution in [-0.4, -0.2) is 45.5 Å². The highest BCUT2D eigenvalue weighted by Crippen LogP contribution is 2.55. The van der Waals surface area contributed by atoms with Crippen molar-refractivity contribution < 1.29 is 18.4 Å². The maximum Gasteiger partial charge on any atom is 0.207 e. The summed E-state index contributed by atoms with van der Waals surface area (Å²) in [4.78, 5) is 27.9. The molecule has 0 amide bonds. The van der Waals surface area contributed by atoms with Gasteiger partial charge < -0.3 is 13.4 Å². The van der Waals surface area contributed by atoms with Gasteiger partial charge in [-0.25, -0.2) is 0 Å². The van der Waals surface area contributed by atoms with Crippen LogP contribution in [0.1, 0.15) is 117 Å². The lowest BCUT2D eigenvalue weighted by atomic mass is 9.84. The Labute approximate surface area is 271 Å². The molecule has 0 radical (unpaired) electrons. The first-order valence-corrected chi connectivity index (χ1v) is 21.4. The van der Waals surface area contributed by atoms with E-state index in [2.05, 4.69) is 103 Å². The molecule has 2 rings (SSSR count). The largest absolute Gasteiger partial charge is 0.415 e. The van der Waals surface area contributed by atoms with Crippen molar-refractivity contribution in [3.05, 3.63) is 59.4 Å². The van der Waals surface area contributed by atoms with Gasteiger partial charge in [0.25, 0.3) is 0 Å². The van der Waals surface area contributed by atoms with E-state index in [0.29, 0.717) is 23.9 Å². The van der Waals surface area contributed by atoms with E-state index >= 15 is 0 Å². The van der Waals surface area contributed by atoms with Gasteiger partial charge in [-0.05, 0) is 57.9 Å². The third-order valence-corrected chi connectivity index (χ3v) is 21.2. The standard InChI is InChI=1S/C37H63NO4Si2/c1-27(2)25-44(35(6,7)8,36(9,10)11)41-26-37(12,13)33(42-43(15,16)34(3,4)5)32(40)30-23-22-29(38(30)14)31(39)24-28-20-18-17-19-21-28/h17-23,27,33H,24-26H2,1-16H3/t33-/m0/s1. The molecule has 0 aliphatic heterocycles. The lowest BCUT2D eigenvalue weighted by Gasteiger charge is -2.53. The molecule has 0 N–H and O–H groups in total. The molecule has 44 heavy (non-hydrogen) atoms. The average molecular weight is 642 g/mol. The van der Waals surface area contributed by atoms with Crippen LogP contribution in [0.5, 0.6) is 0 Å². The Morgan fingerprint density at radius 1 is 0.773 bits per heavy atom. The zero-order chi connectivity index (χ0) is 34.1. The van der Waals surface area contributed by atoms with Gasteiger partial charge in [0.1, 0.15) is 6.10 Å². The molecule has 248 valence electrons. The summed E-state index contributed by atoms with van der Waals surface area (Å²) in [5.74, 6) is 0.397. The molecule has 2 aromatic rings. The summed E-state index contributed by atoms with van der Waals surface area (Å²) in [7, 11) is -2.95. The van der Waals surface area contributed by atoms with Crippen molar-refractivity contribution in [2.24, 2.45) is 18.4 Å². The number of nitrogens with zero attached hydrogens (tertiary/aromatic N) is 1. The number of carbonyl (C=O) groups excluding carboxylic acids is 2. The Bertz CT molecular complexity index is 1260. The monoisotopic (exact) mass is 641 g/mol. The molecule has 7 heteroatoms. The second-order valence-corrected chi connectivity index (χ2v) is 27.7. The predicted octanol–water partition coefficient (Wildman–Crippen LogP) is 10.3. The van der Waals surface area contributed by atoms with Crippen LogP contribution in [-0.2, 0) is 22.3 Å². The van der Waals surface area contributed by atoms with E-state index < -0.39 is 28.2 Å². The quantitative estimate of drug-likeness (QED) is 0.161. The van der Waals surface area contributed by atoms with Crippen molar-refractivity contribution in [3.8, 4) is 0 Å². The molecule has 0 spiro atoms. The highest BCUT2D eigenvalue weighted by atomic mass is 28.4. The Kier molecular flexibility index (Phi) is 11.8. The fourth-order valence-electron chi connectivity index (χ4n) is 6.27. The first kappa shape index (κ1) is 38.4. The van der Waals surface area contributed by atoms with Crippen LogP contribution in [0, 0.1) is 11.3 Å². The molecule has 1 atom stereocenters. The lowest BCUT2D eigenvalue weighted by Crippen LogP contribution is -2.58. The van der Waals surface area contributed by atoms with Crippen LogP contribution in [0.3, 0.4) is 0 Å². The van der Waals surface area contributed by atoms with Gasteiger partial charge in [0, 0.05) is 25.5 Å². The summed E-state index contributed by atoms with van der Waals surface area (Å²) in [5, 5.41) is -0.0878. The van der Waals surface area contributed by atoms with Crippen molar-refractivity contribution in [2.45, 2.75) is 137 Å². The molecule has 5 nitrogen and oxygen atoms in total. The molecule has 0 aliphatic carbocycles. The maximum absolute atomic E-state index is 14.6. The van der Waals surface area contributed by atoms with Gasteiger partial charge >= 0.3 is 0 Å². The van der Waals surface area contributed by atoms with Gasteiger partial charge in [0.15, 0.2) is 14.1 Å². The summed E-state index contributed by atoms with van der Waals surface area (Å²) >= 11 is 0. The summed E-state index contributed by atoms with van der Waals surface area (Å²) < 4.78 is 16.1. The van der Waals surface area contributed by atoms with Crippen molar-refractivity contribution in [1.29, 1.82) is 0 Å². The number of aromatic nitrogens is 1. The molecule has 1 aromatic carbocycles. The van der Waals surface area contributed by atoms with E-state index in [1.165, 1.54) is 0 Å². The number of Topliss-reactive ketones (excluding diaryl/α,β-unsaturated/α-hetero) is 2. The first-order valence-electron chi connectivity index (χ1n) is 16.4. The fraction of sp³-hybridized carbons (Fsp3) is 0.676. The molecule has 1 aromatic heterocycles. The van der Waals surface area contributed by atoms with E-state index in [9.17, 15) is 9.59 Å². The summed E-state index contributed by atoms with van der Waals surface area (Å²) in [6.07, 6.45) is -0.433. The first-order chi connectivity index (χ1) is 19.8. The Morgan fingerprint density at radius 3 is 1.73 bits per heavy atom. The molecule has 0 fully saturated rings. The predicted molar refractivity (Wildman–Crippen MR) is 191 cm³/mol. The van der Waals surface area contributed by atoms with Crippen LogP contribution in [0.25, 0.3) is 0 Å². The van der Waals surface area contributed by atoms with E-state index in [1.54, 1.807) is 16.7 Å². The Balaban J connectivity index is 2.57. The zero-order valence-corrected chi connectivity index (χ0v) is 32.9. The summed E-state index contributed by atoms with van der Waals surface area (Å²) in [5.41, 5.74) is 1.36. The van der Waals surface area contributed by atoms with Gasteiger partial charge in [0.05, 0.1) is 11.4 Å². The molecular formula is C37H63NO4Si2. The summed E-state index contributed by atoms with van der Waals surface area (Å²) in [6, 6.07) is 14.3. The topological polar surface area (TPSA) is 57.5 Å². The van der Waals surface area contributed by atoms with E-state index in [1.807, 2.05) is 37.4 Å². The third-order valence-electron chi connectivity index (χ3n) is 9.84. The maximum atomic E-state index is 14.6. The molecule has 0 saturated heterocycles. The van der Waals surface area contributed by atoms with Crippen molar-refractivity contribution in [3.63, 3.8) is 0 Å². The SMILES string of the molecule is CC(C)C[Si](OCC(C)(C)[C@@H](O[Si](C)(C)C(C)(C)C)C(=O)c1ccc(C(=O)Cc2ccccc2)n1C)(C(C)(C)C)C(C)(C)C. The smallest absolute Gasteiger partial charge is 0.207 e. The molecule has 1 heterocycles. The minimum absolute atomic E-state index is 0.00245. The summed E-state index contributed by atoms with van der Waals surface area (Å²) in [6.45, 7) is 34.2. The number of hydrogen-bond acceptors (Lipinski definition) is 4. The van der Waals surface area contributed by atoms with Crippen LogP contribution < -0.4 is 0 Å². The average Bonchev–Trinajstić information content (AvgIpc) is 3.24. The third kappa shape index (κ3) is 8.51. The van der Waals surface area contributed by atoms with Gasteiger partial charge in [0.2, 0.25) is 14.1 Å². The number of benzene rings is 1. The normalized spacial score (nSPS) is 14.7. The molecule has 0 saturated carbocycles. The minimum Gasteiger partial charge on any atom is -0.415 e. The van der Waals surface area contributed by atoms with Gasteiger partial charge in [-0.1, -0.05) is 120 Å². The Hall–Kier alpha value is -1.81. The Morgan fingerprint density at radius 2 is 1.27 bits per heavy atom. The van der Waals surface area contributed by atoms with E-state index in [4.69, 9.17) is 8.85 Å². The van der Waals surface area contributed by atoms with Crippen molar-refractivity contribution >= 4 is 28.2 Å².